The second-order valence-electron chi connectivity index (χ2n) is 7.90. The Labute approximate surface area is 180 Å². The van der Waals surface area contributed by atoms with E-state index < -0.39 is 11.7 Å². The van der Waals surface area contributed by atoms with Crippen LogP contribution >= 0.6 is 0 Å². The van der Waals surface area contributed by atoms with Crippen LogP contribution in [0.25, 0.3) is 11.2 Å². The number of hydrogen-bond acceptors (Lipinski definition) is 8. The number of hydrogen-bond donors (Lipinski definition) is 0. The second-order valence-corrected chi connectivity index (χ2v) is 7.90. The highest BCUT2D eigenvalue weighted by Crippen LogP contribution is 2.30. The van der Waals surface area contributed by atoms with Crippen LogP contribution in [0.1, 0.15) is 5.56 Å². The first-order valence-electron chi connectivity index (χ1n) is 10.1. The third-order valence-electron chi connectivity index (χ3n) is 5.89. The minimum atomic E-state index is -4.40. The number of aromatic nitrogens is 6. The third-order valence-corrected chi connectivity index (χ3v) is 5.89. The minimum absolute atomic E-state index is 0.0747. The molecule has 10 nitrogen and oxygen atoms in total. The van der Waals surface area contributed by atoms with Crippen molar-refractivity contribution in [2.24, 2.45) is 13.0 Å². The molecule has 0 bridgehead atoms. The van der Waals surface area contributed by atoms with E-state index in [0.29, 0.717) is 62.1 Å². The van der Waals surface area contributed by atoms with Crippen LogP contribution in [-0.2, 0) is 18.0 Å². The van der Waals surface area contributed by atoms with E-state index in [9.17, 15) is 18.0 Å². The smallest absolute Gasteiger partial charge is 0.353 e. The molecule has 0 unspecified atom stereocenters. The van der Waals surface area contributed by atoms with Crippen molar-refractivity contribution in [2.75, 3.05) is 49.1 Å². The van der Waals surface area contributed by atoms with E-state index in [-0.39, 0.29) is 11.8 Å². The number of carbonyl (C=O) groups excluding carboxylic acids is 1. The number of carbonyl (C=O) groups is 1. The lowest BCUT2D eigenvalue weighted by molar-refractivity contribution is -0.138. The summed E-state index contributed by atoms with van der Waals surface area (Å²) >= 11 is 0. The van der Waals surface area contributed by atoms with Crippen molar-refractivity contribution in [3.8, 4) is 0 Å². The molecule has 0 radical (unpaired) electrons. The Bertz CT molecular complexity index is 1130. The number of piperazine rings is 1. The van der Waals surface area contributed by atoms with Gasteiger partial charge in [0.25, 0.3) is 0 Å². The lowest BCUT2D eigenvalue weighted by Gasteiger charge is -2.43. The SMILES string of the molecule is Cn1nnc2c(N3CC(C(=O)N4CCN(c5ccc(C(F)(F)F)cn5)CC4)C3)ncnc21. The molecule has 2 saturated heterocycles. The summed E-state index contributed by atoms with van der Waals surface area (Å²) in [6, 6.07) is 2.41. The van der Waals surface area contributed by atoms with Gasteiger partial charge in [-0.2, -0.15) is 13.2 Å². The molecule has 2 aliphatic heterocycles. The molecule has 0 saturated carbocycles. The van der Waals surface area contributed by atoms with E-state index in [1.807, 2.05) is 9.80 Å². The topological polar surface area (TPSA) is 96.2 Å². The summed E-state index contributed by atoms with van der Waals surface area (Å²) in [5.74, 6) is 1.10. The van der Waals surface area contributed by atoms with Crippen LogP contribution in [0.2, 0.25) is 0 Å². The Hall–Kier alpha value is -3.51. The van der Waals surface area contributed by atoms with Crippen molar-refractivity contribution in [3.63, 3.8) is 0 Å². The summed E-state index contributed by atoms with van der Waals surface area (Å²) in [6.07, 6.45) is -2.10. The Morgan fingerprint density at radius 3 is 2.44 bits per heavy atom. The van der Waals surface area contributed by atoms with Crippen LogP contribution < -0.4 is 9.80 Å². The molecule has 0 spiro atoms. The van der Waals surface area contributed by atoms with E-state index >= 15 is 0 Å². The number of rotatable bonds is 3. The predicted molar refractivity (Wildman–Crippen MR) is 108 cm³/mol. The lowest BCUT2D eigenvalue weighted by atomic mass is 9.98. The van der Waals surface area contributed by atoms with Gasteiger partial charge in [-0.15, -0.1) is 5.10 Å². The van der Waals surface area contributed by atoms with E-state index in [0.717, 1.165) is 12.3 Å². The van der Waals surface area contributed by atoms with Crippen LogP contribution in [0.3, 0.4) is 0 Å². The molecule has 1 amide bonds. The van der Waals surface area contributed by atoms with Gasteiger partial charge in [-0.1, -0.05) is 5.21 Å². The molecule has 2 aliphatic rings. The number of pyridine rings is 1. The molecule has 0 N–H and O–H groups in total. The summed E-state index contributed by atoms with van der Waals surface area (Å²) in [4.78, 5) is 31.0. The van der Waals surface area contributed by atoms with Gasteiger partial charge < -0.3 is 14.7 Å². The average molecular weight is 447 g/mol. The number of alkyl halides is 3. The Morgan fingerprint density at radius 1 is 1.03 bits per heavy atom. The van der Waals surface area contributed by atoms with Crippen molar-refractivity contribution in [1.29, 1.82) is 0 Å². The van der Waals surface area contributed by atoms with Crippen LogP contribution in [0.5, 0.6) is 0 Å². The summed E-state index contributed by atoms with van der Waals surface area (Å²) < 4.78 is 39.7. The third kappa shape index (κ3) is 3.56. The van der Waals surface area contributed by atoms with Gasteiger partial charge in [-0.05, 0) is 12.1 Å². The quantitative estimate of drug-likeness (QED) is 0.586. The zero-order chi connectivity index (χ0) is 22.5. The van der Waals surface area contributed by atoms with Gasteiger partial charge in [0.2, 0.25) is 5.91 Å². The zero-order valence-corrected chi connectivity index (χ0v) is 17.2. The molecule has 168 valence electrons. The molecule has 13 heteroatoms. The summed E-state index contributed by atoms with van der Waals surface area (Å²) in [5.41, 5.74) is 0.475. The van der Waals surface area contributed by atoms with Crippen LogP contribution in [-0.4, -0.2) is 80.0 Å². The molecule has 0 atom stereocenters. The zero-order valence-electron chi connectivity index (χ0n) is 17.2. The van der Waals surface area contributed by atoms with Crippen molar-refractivity contribution >= 4 is 28.7 Å². The highest BCUT2D eigenvalue weighted by Gasteiger charge is 2.38. The molecule has 3 aromatic heterocycles. The van der Waals surface area contributed by atoms with Gasteiger partial charge in [0, 0.05) is 52.5 Å². The van der Waals surface area contributed by atoms with E-state index in [1.165, 1.54) is 12.4 Å². The van der Waals surface area contributed by atoms with E-state index in [1.54, 1.807) is 16.6 Å². The van der Waals surface area contributed by atoms with Gasteiger partial charge in [-0.3, -0.25) is 4.79 Å². The van der Waals surface area contributed by atoms with Crippen molar-refractivity contribution < 1.29 is 18.0 Å². The highest BCUT2D eigenvalue weighted by molar-refractivity contribution is 5.86. The molecule has 5 heterocycles. The first-order chi connectivity index (χ1) is 15.3. The van der Waals surface area contributed by atoms with Gasteiger partial charge in [0.1, 0.15) is 12.1 Å². The number of anilines is 2. The fourth-order valence-corrected chi connectivity index (χ4v) is 4.04. The molecule has 5 rings (SSSR count). The molecule has 0 aliphatic carbocycles. The monoisotopic (exact) mass is 447 g/mol. The van der Waals surface area contributed by atoms with Crippen molar-refractivity contribution in [1.82, 2.24) is 34.8 Å². The van der Waals surface area contributed by atoms with Gasteiger partial charge in [0.15, 0.2) is 17.0 Å². The first kappa shape index (κ1) is 20.4. The van der Waals surface area contributed by atoms with Crippen LogP contribution in [0.15, 0.2) is 24.7 Å². The largest absolute Gasteiger partial charge is 0.417 e. The van der Waals surface area contributed by atoms with Crippen LogP contribution in [0.4, 0.5) is 24.8 Å². The maximum atomic E-state index is 12.9. The highest BCUT2D eigenvalue weighted by atomic mass is 19.4. The van der Waals surface area contributed by atoms with E-state index in [2.05, 4.69) is 25.3 Å². The Morgan fingerprint density at radius 2 is 1.78 bits per heavy atom. The molecular formula is C19H20F3N9O. The van der Waals surface area contributed by atoms with Gasteiger partial charge in [0.05, 0.1) is 11.5 Å². The fourth-order valence-electron chi connectivity index (χ4n) is 4.04. The normalized spacial score (nSPS) is 17.7. The number of amides is 1. The minimum Gasteiger partial charge on any atom is -0.353 e. The first-order valence-corrected chi connectivity index (χ1v) is 10.1. The van der Waals surface area contributed by atoms with Gasteiger partial charge in [-0.25, -0.2) is 19.6 Å². The fraction of sp³-hybridized carbons (Fsp3) is 0.474. The van der Waals surface area contributed by atoms with E-state index in [4.69, 9.17) is 0 Å². The number of nitrogens with zero attached hydrogens (tertiary/aromatic N) is 9. The summed E-state index contributed by atoms with van der Waals surface area (Å²) in [7, 11) is 1.76. The number of halogens is 3. The van der Waals surface area contributed by atoms with Crippen molar-refractivity contribution in [2.45, 2.75) is 6.18 Å². The number of fused-ring (bicyclic) bond motifs is 1. The summed E-state index contributed by atoms with van der Waals surface area (Å²) in [5, 5.41) is 8.08. The number of aryl methyl sites for hydroxylation is 1. The second kappa shape index (κ2) is 7.57. The lowest BCUT2D eigenvalue weighted by Crippen LogP contribution is -2.58. The summed E-state index contributed by atoms with van der Waals surface area (Å²) in [6.45, 7) is 3.13. The van der Waals surface area contributed by atoms with Gasteiger partial charge >= 0.3 is 6.18 Å². The van der Waals surface area contributed by atoms with Crippen molar-refractivity contribution in [3.05, 3.63) is 30.2 Å². The Kier molecular flexibility index (Phi) is 4.82. The Balaban J connectivity index is 1.16. The predicted octanol–water partition coefficient (Wildman–Crippen LogP) is 0.957. The molecule has 0 aromatic carbocycles. The standard InChI is InChI=1S/C19H20F3N9O/c1-28-16-15(26-27-28)17(25-11-24-16)31-9-12(10-31)18(32)30-6-4-29(5-7-30)14-3-2-13(8-23-14)19(20,21)22/h2-3,8,11-12H,4-7,9-10H2,1H3. The molecule has 2 fully saturated rings. The average Bonchev–Trinajstić information content (AvgIpc) is 3.14. The molecular weight excluding hydrogens is 427 g/mol. The maximum absolute atomic E-state index is 12.9. The van der Waals surface area contributed by atoms with Crippen LogP contribution in [0, 0.1) is 5.92 Å². The maximum Gasteiger partial charge on any atom is 0.417 e. The molecule has 32 heavy (non-hydrogen) atoms. The molecule has 3 aromatic rings.